The van der Waals surface area contributed by atoms with Gasteiger partial charge in [0.25, 0.3) is 0 Å². The van der Waals surface area contributed by atoms with Gasteiger partial charge in [0.05, 0.1) is 12.1 Å². The Balaban J connectivity index is 1.94. The van der Waals surface area contributed by atoms with Gasteiger partial charge in [0.2, 0.25) is 5.91 Å². The first-order valence-electron chi connectivity index (χ1n) is 6.50. The SMILES string of the molecule is COCCNC(=O)CCc1ccc2ccc(F)cc2n1. The van der Waals surface area contributed by atoms with Gasteiger partial charge in [-0.25, -0.2) is 4.39 Å². The molecule has 2 aromatic rings. The molecule has 0 radical (unpaired) electrons. The maximum Gasteiger partial charge on any atom is 0.220 e. The summed E-state index contributed by atoms with van der Waals surface area (Å²) in [5.41, 5.74) is 1.40. The number of hydrogen-bond acceptors (Lipinski definition) is 3. The zero-order valence-corrected chi connectivity index (χ0v) is 11.4. The molecule has 0 unspecified atom stereocenters. The topological polar surface area (TPSA) is 51.2 Å². The largest absolute Gasteiger partial charge is 0.383 e. The van der Waals surface area contributed by atoms with Crippen LogP contribution in [0.4, 0.5) is 4.39 Å². The van der Waals surface area contributed by atoms with Crippen LogP contribution in [0.2, 0.25) is 0 Å². The van der Waals surface area contributed by atoms with Crippen LogP contribution < -0.4 is 5.32 Å². The quantitative estimate of drug-likeness (QED) is 0.822. The van der Waals surface area contributed by atoms with Crippen LogP contribution in [0.3, 0.4) is 0 Å². The number of carbonyl (C=O) groups excluding carboxylic acids is 1. The van der Waals surface area contributed by atoms with E-state index in [0.717, 1.165) is 11.1 Å². The highest BCUT2D eigenvalue weighted by Crippen LogP contribution is 2.14. The van der Waals surface area contributed by atoms with Crippen LogP contribution in [0.25, 0.3) is 10.9 Å². The summed E-state index contributed by atoms with van der Waals surface area (Å²) >= 11 is 0. The van der Waals surface area contributed by atoms with Crippen molar-refractivity contribution in [2.45, 2.75) is 12.8 Å². The highest BCUT2D eigenvalue weighted by molar-refractivity contribution is 5.79. The minimum atomic E-state index is -0.306. The van der Waals surface area contributed by atoms with Crippen molar-refractivity contribution in [3.05, 3.63) is 41.8 Å². The van der Waals surface area contributed by atoms with Gasteiger partial charge in [0.15, 0.2) is 0 Å². The van der Waals surface area contributed by atoms with E-state index >= 15 is 0 Å². The Morgan fingerprint density at radius 1 is 1.35 bits per heavy atom. The number of fused-ring (bicyclic) bond motifs is 1. The molecule has 1 heterocycles. The second kappa shape index (κ2) is 6.96. The molecule has 0 atom stereocenters. The molecule has 0 bridgehead atoms. The molecule has 1 aromatic heterocycles. The summed E-state index contributed by atoms with van der Waals surface area (Å²) in [6, 6.07) is 8.26. The fraction of sp³-hybridized carbons (Fsp3) is 0.333. The van der Waals surface area contributed by atoms with Gasteiger partial charge in [-0.3, -0.25) is 9.78 Å². The first kappa shape index (κ1) is 14.4. The molecule has 4 nitrogen and oxygen atoms in total. The van der Waals surface area contributed by atoms with Crippen molar-refractivity contribution >= 4 is 16.8 Å². The van der Waals surface area contributed by atoms with Crippen LogP contribution in [0.15, 0.2) is 30.3 Å². The number of pyridine rings is 1. The first-order chi connectivity index (χ1) is 9.69. The summed E-state index contributed by atoms with van der Waals surface area (Å²) in [5.74, 6) is -0.345. The number of nitrogens with zero attached hydrogens (tertiary/aromatic N) is 1. The zero-order valence-electron chi connectivity index (χ0n) is 11.4. The van der Waals surface area contributed by atoms with Crippen molar-refractivity contribution in [3.8, 4) is 0 Å². The van der Waals surface area contributed by atoms with Gasteiger partial charge in [0.1, 0.15) is 5.82 Å². The summed E-state index contributed by atoms with van der Waals surface area (Å²) in [7, 11) is 1.59. The summed E-state index contributed by atoms with van der Waals surface area (Å²) in [5, 5.41) is 3.64. The van der Waals surface area contributed by atoms with Gasteiger partial charge >= 0.3 is 0 Å². The molecule has 1 amide bonds. The van der Waals surface area contributed by atoms with E-state index in [0.29, 0.717) is 31.5 Å². The van der Waals surface area contributed by atoms with Crippen LogP contribution in [-0.2, 0) is 16.0 Å². The monoisotopic (exact) mass is 276 g/mol. The standard InChI is InChI=1S/C15H17FN2O2/c1-20-9-8-17-15(19)7-6-13-5-3-11-2-4-12(16)10-14(11)18-13/h2-5,10H,6-9H2,1H3,(H,17,19). The summed E-state index contributed by atoms with van der Waals surface area (Å²) in [4.78, 5) is 15.9. The molecule has 20 heavy (non-hydrogen) atoms. The summed E-state index contributed by atoms with van der Waals surface area (Å²) in [6.07, 6.45) is 0.892. The van der Waals surface area contributed by atoms with E-state index in [1.165, 1.54) is 12.1 Å². The fourth-order valence-corrected chi connectivity index (χ4v) is 1.89. The van der Waals surface area contributed by atoms with Crippen LogP contribution in [0.5, 0.6) is 0 Å². The van der Waals surface area contributed by atoms with E-state index in [1.807, 2.05) is 12.1 Å². The van der Waals surface area contributed by atoms with Gasteiger partial charge in [-0.15, -0.1) is 0 Å². The van der Waals surface area contributed by atoms with Crippen molar-refractivity contribution in [1.82, 2.24) is 10.3 Å². The number of ether oxygens (including phenoxy) is 1. The number of aromatic nitrogens is 1. The van der Waals surface area contributed by atoms with Gasteiger partial charge in [0, 0.05) is 37.2 Å². The highest BCUT2D eigenvalue weighted by atomic mass is 19.1. The Morgan fingerprint density at radius 3 is 2.95 bits per heavy atom. The minimum absolute atomic E-state index is 0.0387. The molecule has 0 saturated heterocycles. The fourth-order valence-electron chi connectivity index (χ4n) is 1.89. The van der Waals surface area contributed by atoms with Gasteiger partial charge < -0.3 is 10.1 Å². The molecule has 0 fully saturated rings. The third-order valence-corrected chi connectivity index (χ3v) is 2.95. The van der Waals surface area contributed by atoms with E-state index < -0.39 is 0 Å². The van der Waals surface area contributed by atoms with Gasteiger partial charge in [-0.1, -0.05) is 6.07 Å². The number of benzene rings is 1. The van der Waals surface area contributed by atoms with Crippen LogP contribution in [0.1, 0.15) is 12.1 Å². The Labute approximate surface area is 117 Å². The molecule has 1 aromatic carbocycles. The molecule has 5 heteroatoms. The Hall–Kier alpha value is -2.01. The minimum Gasteiger partial charge on any atom is -0.383 e. The first-order valence-corrected chi connectivity index (χ1v) is 6.50. The molecule has 0 saturated carbocycles. The number of rotatable bonds is 6. The molecule has 0 spiro atoms. The maximum absolute atomic E-state index is 13.1. The van der Waals surface area contributed by atoms with Crippen molar-refractivity contribution < 1.29 is 13.9 Å². The van der Waals surface area contributed by atoms with Gasteiger partial charge in [-0.2, -0.15) is 0 Å². The van der Waals surface area contributed by atoms with Crippen molar-refractivity contribution in [3.63, 3.8) is 0 Å². The molecule has 0 aliphatic carbocycles. The van der Waals surface area contributed by atoms with Crippen LogP contribution in [0, 0.1) is 5.82 Å². The average molecular weight is 276 g/mol. The normalized spacial score (nSPS) is 10.7. The van der Waals surface area contributed by atoms with Crippen molar-refractivity contribution in [2.24, 2.45) is 0 Å². The molecule has 0 aliphatic heterocycles. The number of aryl methyl sites for hydroxylation is 1. The lowest BCUT2D eigenvalue weighted by molar-refractivity contribution is -0.121. The zero-order chi connectivity index (χ0) is 14.4. The van der Waals surface area contributed by atoms with Crippen molar-refractivity contribution in [2.75, 3.05) is 20.3 Å². The Bertz CT molecular complexity index is 601. The third kappa shape index (κ3) is 3.99. The lowest BCUT2D eigenvalue weighted by Gasteiger charge is -2.05. The second-order valence-corrected chi connectivity index (χ2v) is 4.48. The maximum atomic E-state index is 13.1. The lowest BCUT2D eigenvalue weighted by Crippen LogP contribution is -2.27. The predicted molar refractivity (Wildman–Crippen MR) is 74.9 cm³/mol. The third-order valence-electron chi connectivity index (χ3n) is 2.95. The Morgan fingerprint density at radius 2 is 2.15 bits per heavy atom. The number of amides is 1. The second-order valence-electron chi connectivity index (χ2n) is 4.48. The summed E-state index contributed by atoms with van der Waals surface area (Å²) in [6.45, 7) is 1.00. The number of hydrogen-bond donors (Lipinski definition) is 1. The summed E-state index contributed by atoms with van der Waals surface area (Å²) < 4.78 is 18.0. The van der Waals surface area contributed by atoms with E-state index in [-0.39, 0.29) is 11.7 Å². The smallest absolute Gasteiger partial charge is 0.220 e. The number of halogens is 1. The van der Waals surface area contributed by atoms with Crippen LogP contribution >= 0.6 is 0 Å². The number of methoxy groups -OCH3 is 1. The van der Waals surface area contributed by atoms with Crippen LogP contribution in [-0.4, -0.2) is 31.2 Å². The molecule has 106 valence electrons. The van der Waals surface area contributed by atoms with E-state index in [2.05, 4.69) is 10.3 Å². The molecule has 1 N–H and O–H groups in total. The van der Waals surface area contributed by atoms with E-state index in [4.69, 9.17) is 4.74 Å². The molecular weight excluding hydrogens is 259 g/mol. The van der Waals surface area contributed by atoms with Crippen molar-refractivity contribution in [1.29, 1.82) is 0 Å². The van der Waals surface area contributed by atoms with E-state index in [9.17, 15) is 9.18 Å². The van der Waals surface area contributed by atoms with E-state index in [1.54, 1.807) is 13.2 Å². The number of nitrogens with one attached hydrogen (secondary N) is 1. The molecule has 0 aliphatic rings. The lowest BCUT2D eigenvalue weighted by atomic mass is 10.1. The number of carbonyl (C=O) groups is 1. The molecule has 2 rings (SSSR count). The predicted octanol–water partition coefficient (Wildman–Crippen LogP) is 2.07. The Kier molecular flexibility index (Phi) is 5.01. The average Bonchev–Trinajstić information content (AvgIpc) is 2.45. The molecular formula is C15H17FN2O2. The van der Waals surface area contributed by atoms with Gasteiger partial charge in [-0.05, 0) is 24.6 Å². The highest BCUT2D eigenvalue weighted by Gasteiger charge is 2.04.